The molecule has 2 N–H and O–H groups in total. The molecular weight excluding hydrogens is 471 g/mol. The van der Waals surface area contributed by atoms with Crippen LogP contribution < -0.4 is 20.1 Å². The van der Waals surface area contributed by atoms with Crippen LogP contribution in [-0.2, 0) is 14.3 Å². The number of halogens is 2. The number of benzene rings is 2. The molecule has 0 spiro atoms. The Hall–Kier alpha value is -2.97. The van der Waals surface area contributed by atoms with Crippen molar-refractivity contribution < 1.29 is 28.6 Å². The Morgan fingerprint density at radius 1 is 1.00 bits per heavy atom. The minimum absolute atomic E-state index is 0.236. The molecule has 0 unspecified atom stereocenters. The Morgan fingerprint density at radius 2 is 1.61 bits per heavy atom. The van der Waals surface area contributed by atoms with Crippen molar-refractivity contribution in [2.45, 2.75) is 26.8 Å². The molecule has 0 saturated carbocycles. The second kappa shape index (κ2) is 11.8. The number of aryl methyl sites for hydroxylation is 1. The molecule has 0 saturated heterocycles. The molecule has 2 amide bonds. The maximum absolute atomic E-state index is 12.7. The number of nitrogens with one attached hydrogen (secondary N) is 2. The summed E-state index contributed by atoms with van der Waals surface area (Å²) in [6.07, 6.45) is 0. The van der Waals surface area contributed by atoms with Gasteiger partial charge in [0.1, 0.15) is 17.5 Å². The van der Waals surface area contributed by atoms with Crippen LogP contribution in [0.15, 0.2) is 30.3 Å². The van der Waals surface area contributed by atoms with Gasteiger partial charge in [-0.15, -0.1) is 0 Å². The van der Waals surface area contributed by atoms with E-state index in [1.807, 2.05) is 0 Å². The quantitative estimate of drug-likeness (QED) is 0.502. The number of hydrogen-bond acceptors (Lipinski definition) is 6. The van der Waals surface area contributed by atoms with Gasteiger partial charge in [-0.25, -0.2) is 4.79 Å². The van der Waals surface area contributed by atoms with Gasteiger partial charge < -0.3 is 24.8 Å². The number of carbonyl (C=O) groups is 3. The van der Waals surface area contributed by atoms with Crippen molar-refractivity contribution in [2.75, 3.05) is 26.1 Å². The summed E-state index contributed by atoms with van der Waals surface area (Å²) in [6, 6.07) is 6.98. The Morgan fingerprint density at radius 3 is 2.15 bits per heavy atom. The third-order valence-electron chi connectivity index (χ3n) is 4.71. The third-order valence-corrected chi connectivity index (χ3v) is 5.52. The van der Waals surface area contributed by atoms with Crippen LogP contribution in [0, 0.1) is 12.8 Å². The lowest BCUT2D eigenvalue weighted by Crippen LogP contribution is -2.46. The summed E-state index contributed by atoms with van der Waals surface area (Å²) in [7, 11) is 2.93. The predicted octanol–water partition coefficient (Wildman–Crippen LogP) is 4.26. The topological polar surface area (TPSA) is 103 Å². The maximum atomic E-state index is 12.7. The minimum atomic E-state index is -0.992. The molecule has 0 aliphatic heterocycles. The number of anilines is 1. The number of esters is 1. The first-order chi connectivity index (χ1) is 15.6. The second-order valence-electron chi connectivity index (χ2n) is 7.51. The molecule has 1 atom stereocenters. The van der Waals surface area contributed by atoms with E-state index in [1.54, 1.807) is 39.0 Å². The lowest BCUT2D eigenvalue weighted by molar-refractivity contribution is -0.150. The minimum Gasteiger partial charge on any atom is -0.497 e. The van der Waals surface area contributed by atoms with Crippen LogP contribution in [0.25, 0.3) is 0 Å². The van der Waals surface area contributed by atoms with Crippen LogP contribution in [0.1, 0.15) is 29.8 Å². The monoisotopic (exact) mass is 496 g/mol. The van der Waals surface area contributed by atoms with Crippen molar-refractivity contribution in [3.8, 4) is 11.5 Å². The Kier molecular flexibility index (Phi) is 9.37. The van der Waals surface area contributed by atoms with E-state index in [2.05, 4.69) is 10.6 Å². The lowest BCUT2D eigenvalue weighted by atomic mass is 10.0. The summed E-state index contributed by atoms with van der Waals surface area (Å²) in [5.74, 6) is -1.36. The molecule has 2 rings (SSSR count). The fourth-order valence-electron chi connectivity index (χ4n) is 2.83. The molecule has 8 nitrogen and oxygen atoms in total. The van der Waals surface area contributed by atoms with Crippen molar-refractivity contribution in [2.24, 2.45) is 5.92 Å². The molecule has 0 aromatic heterocycles. The van der Waals surface area contributed by atoms with Crippen LogP contribution in [0.5, 0.6) is 11.5 Å². The highest BCUT2D eigenvalue weighted by molar-refractivity contribution is 6.40. The van der Waals surface area contributed by atoms with Gasteiger partial charge in [-0.3, -0.25) is 9.59 Å². The van der Waals surface area contributed by atoms with E-state index in [-0.39, 0.29) is 22.2 Å². The lowest BCUT2D eigenvalue weighted by Gasteiger charge is -2.21. The molecule has 0 aliphatic rings. The molecule has 0 aliphatic carbocycles. The molecule has 0 radical (unpaired) electrons. The van der Waals surface area contributed by atoms with Crippen molar-refractivity contribution in [3.05, 3.63) is 51.5 Å². The van der Waals surface area contributed by atoms with Crippen LogP contribution in [0.3, 0.4) is 0 Å². The number of ether oxygens (including phenoxy) is 3. The summed E-state index contributed by atoms with van der Waals surface area (Å²) < 4.78 is 15.5. The van der Waals surface area contributed by atoms with Crippen LogP contribution >= 0.6 is 23.2 Å². The highest BCUT2D eigenvalue weighted by Gasteiger charge is 2.27. The number of methoxy groups -OCH3 is 2. The Balaban J connectivity index is 2.05. The van der Waals surface area contributed by atoms with E-state index in [1.165, 1.54) is 26.4 Å². The van der Waals surface area contributed by atoms with Gasteiger partial charge in [0.05, 0.1) is 30.0 Å². The molecule has 0 heterocycles. The molecule has 2 aromatic carbocycles. The smallest absolute Gasteiger partial charge is 0.329 e. The van der Waals surface area contributed by atoms with Crippen molar-refractivity contribution >= 4 is 46.7 Å². The predicted molar refractivity (Wildman–Crippen MR) is 126 cm³/mol. The highest BCUT2D eigenvalue weighted by atomic mass is 35.5. The summed E-state index contributed by atoms with van der Waals surface area (Å²) in [6.45, 7) is 4.67. The van der Waals surface area contributed by atoms with Gasteiger partial charge in [0.2, 0.25) is 0 Å². The summed E-state index contributed by atoms with van der Waals surface area (Å²) in [5.41, 5.74) is 1.20. The van der Waals surface area contributed by atoms with Crippen molar-refractivity contribution in [1.29, 1.82) is 0 Å². The van der Waals surface area contributed by atoms with Gasteiger partial charge in [-0.1, -0.05) is 43.1 Å². The molecule has 178 valence electrons. The zero-order valence-electron chi connectivity index (χ0n) is 19.0. The first kappa shape index (κ1) is 26.3. The van der Waals surface area contributed by atoms with Gasteiger partial charge >= 0.3 is 5.97 Å². The highest BCUT2D eigenvalue weighted by Crippen LogP contribution is 2.32. The molecule has 0 fully saturated rings. The van der Waals surface area contributed by atoms with E-state index in [0.717, 1.165) is 5.56 Å². The Bertz CT molecular complexity index is 1020. The number of hydrogen-bond donors (Lipinski definition) is 2. The summed E-state index contributed by atoms with van der Waals surface area (Å²) in [4.78, 5) is 37.7. The van der Waals surface area contributed by atoms with E-state index in [0.29, 0.717) is 16.5 Å². The van der Waals surface area contributed by atoms with Gasteiger partial charge in [0.15, 0.2) is 6.61 Å². The average molecular weight is 497 g/mol. The number of carbonyl (C=O) groups excluding carboxylic acids is 3. The van der Waals surface area contributed by atoms with Gasteiger partial charge in [0, 0.05) is 11.6 Å². The van der Waals surface area contributed by atoms with E-state index >= 15 is 0 Å². The molecule has 10 heteroatoms. The van der Waals surface area contributed by atoms with Crippen LogP contribution in [-0.4, -0.2) is 44.7 Å². The standard InChI is InChI=1S/C23H26Cl2N2O6/c1-12(2)20(27-22(29)14-8-15(31-4)10-16(9-14)32-5)23(30)33-11-18(28)26-21-17(24)7-6-13(3)19(21)25/h6-10,12,20H,11H2,1-5H3,(H,26,28)(H,27,29)/t20-/m1/s1. The van der Waals surface area contributed by atoms with E-state index < -0.39 is 30.4 Å². The van der Waals surface area contributed by atoms with Gasteiger partial charge in [-0.2, -0.15) is 0 Å². The SMILES string of the molecule is COc1cc(OC)cc(C(=O)N[C@@H](C(=O)OCC(=O)Nc2c(Cl)ccc(C)c2Cl)C(C)C)c1. The zero-order valence-corrected chi connectivity index (χ0v) is 20.5. The van der Waals surface area contributed by atoms with Gasteiger partial charge in [0.25, 0.3) is 11.8 Å². The molecule has 33 heavy (non-hydrogen) atoms. The number of rotatable bonds is 9. The fourth-order valence-corrected chi connectivity index (χ4v) is 3.30. The summed E-state index contributed by atoms with van der Waals surface area (Å²) in [5, 5.41) is 5.73. The average Bonchev–Trinajstić information content (AvgIpc) is 2.80. The maximum Gasteiger partial charge on any atom is 0.329 e. The van der Waals surface area contributed by atoms with Crippen molar-refractivity contribution in [3.63, 3.8) is 0 Å². The first-order valence-electron chi connectivity index (χ1n) is 10.0. The normalized spacial score (nSPS) is 11.5. The second-order valence-corrected chi connectivity index (χ2v) is 8.29. The largest absolute Gasteiger partial charge is 0.497 e. The van der Waals surface area contributed by atoms with Crippen LogP contribution in [0.4, 0.5) is 5.69 Å². The van der Waals surface area contributed by atoms with E-state index in [4.69, 9.17) is 37.4 Å². The van der Waals surface area contributed by atoms with Crippen LogP contribution in [0.2, 0.25) is 10.0 Å². The first-order valence-corrected chi connectivity index (χ1v) is 10.8. The molecule has 0 bridgehead atoms. The number of amides is 2. The fraction of sp³-hybridized carbons (Fsp3) is 0.348. The Labute approximate surface area is 202 Å². The molecular formula is C23H26Cl2N2O6. The van der Waals surface area contributed by atoms with Crippen molar-refractivity contribution in [1.82, 2.24) is 5.32 Å². The summed E-state index contributed by atoms with van der Waals surface area (Å²) >= 11 is 12.3. The third kappa shape index (κ3) is 7.00. The van der Waals surface area contributed by atoms with E-state index in [9.17, 15) is 14.4 Å². The molecule has 2 aromatic rings. The van der Waals surface area contributed by atoms with Gasteiger partial charge in [-0.05, 0) is 36.6 Å². The zero-order chi connectivity index (χ0) is 24.7.